The summed E-state index contributed by atoms with van der Waals surface area (Å²) in [5, 5.41) is 23.5. The number of aryl methyl sites for hydroxylation is 1. The van der Waals surface area contributed by atoms with E-state index in [1.807, 2.05) is 43.0 Å². The number of rotatable bonds is 6. The van der Waals surface area contributed by atoms with E-state index in [-0.39, 0.29) is 11.7 Å². The van der Waals surface area contributed by atoms with Gasteiger partial charge < -0.3 is 14.5 Å². The summed E-state index contributed by atoms with van der Waals surface area (Å²) in [6.07, 6.45) is 1.42. The molecule has 0 unspecified atom stereocenters. The number of aromatic nitrogens is 3. The lowest BCUT2D eigenvalue weighted by molar-refractivity contribution is 0.336. The molecule has 0 bridgehead atoms. The number of hydrogen-bond acceptors (Lipinski definition) is 7. The lowest BCUT2D eigenvalue weighted by Gasteiger charge is -2.17. The molecule has 0 atom stereocenters. The molecule has 0 saturated heterocycles. The minimum Gasteiger partial charge on any atom is -0.510 e. The molecule has 0 saturated carbocycles. The molecule has 7 nitrogen and oxygen atoms in total. The zero-order valence-electron chi connectivity index (χ0n) is 15.3. The molecule has 4 rings (SSSR count). The molecule has 0 fully saturated rings. The summed E-state index contributed by atoms with van der Waals surface area (Å²) in [5.41, 5.74) is 1.43. The summed E-state index contributed by atoms with van der Waals surface area (Å²) in [6.45, 7) is 5.03. The predicted octanol–water partition coefficient (Wildman–Crippen LogP) is 4.00. The molecular formula is C19H21N5O2S. The van der Waals surface area contributed by atoms with Gasteiger partial charge in [0, 0.05) is 18.9 Å². The molecule has 2 N–H and O–H groups in total. The maximum absolute atomic E-state index is 10.4. The highest BCUT2D eigenvalue weighted by Gasteiger charge is 2.30. The Bertz CT molecular complexity index is 987. The van der Waals surface area contributed by atoms with E-state index in [0.717, 1.165) is 22.5 Å². The normalized spacial score (nSPS) is 14.9. The standard InChI is InChI=1S/C19H21N5O2S/c1-11(2)18-22-15(26-23-18)8-5-9-24-10-13(25)16(17(24)20)19-21-12-6-3-4-7-14(12)27-19/h3-4,6-7,11,20,25H,5,8-10H2,1-2H3. The van der Waals surface area contributed by atoms with Gasteiger partial charge in [0.15, 0.2) is 5.82 Å². The lowest BCUT2D eigenvalue weighted by atomic mass is 10.2. The number of hydrogen-bond donors (Lipinski definition) is 2. The van der Waals surface area contributed by atoms with Crippen LogP contribution in [0, 0.1) is 5.41 Å². The van der Waals surface area contributed by atoms with E-state index in [1.54, 1.807) is 0 Å². The van der Waals surface area contributed by atoms with Crippen molar-refractivity contribution < 1.29 is 9.63 Å². The highest BCUT2D eigenvalue weighted by atomic mass is 32.1. The van der Waals surface area contributed by atoms with Gasteiger partial charge in [0.1, 0.15) is 16.6 Å². The van der Waals surface area contributed by atoms with Gasteiger partial charge in [0.25, 0.3) is 0 Å². The van der Waals surface area contributed by atoms with Crippen molar-refractivity contribution in [1.82, 2.24) is 20.0 Å². The second-order valence-electron chi connectivity index (χ2n) is 6.88. The molecule has 1 aromatic carbocycles. The van der Waals surface area contributed by atoms with E-state index < -0.39 is 0 Å². The summed E-state index contributed by atoms with van der Waals surface area (Å²) in [4.78, 5) is 10.8. The maximum Gasteiger partial charge on any atom is 0.226 e. The fourth-order valence-electron chi connectivity index (χ4n) is 3.05. The van der Waals surface area contributed by atoms with Crippen LogP contribution in [0.4, 0.5) is 0 Å². The van der Waals surface area contributed by atoms with Crippen LogP contribution in [-0.4, -0.2) is 44.1 Å². The largest absolute Gasteiger partial charge is 0.510 e. The Morgan fingerprint density at radius 1 is 1.30 bits per heavy atom. The van der Waals surface area contributed by atoms with Crippen molar-refractivity contribution in [3.63, 3.8) is 0 Å². The molecule has 3 heterocycles. The number of nitrogens with zero attached hydrogens (tertiary/aromatic N) is 4. The zero-order chi connectivity index (χ0) is 19.0. The van der Waals surface area contributed by atoms with Crippen LogP contribution in [0.15, 0.2) is 34.5 Å². The Morgan fingerprint density at radius 3 is 2.85 bits per heavy atom. The zero-order valence-corrected chi connectivity index (χ0v) is 16.1. The third-order valence-corrected chi connectivity index (χ3v) is 5.56. The first-order chi connectivity index (χ1) is 13.0. The number of benzene rings is 1. The van der Waals surface area contributed by atoms with Crippen molar-refractivity contribution in [2.45, 2.75) is 32.6 Å². The van der Waals surface area contributed by atoms with Gasteiger partial charge in [0.2, 0.25) is 5.89 Å². The van der Waals surface area contributed by atoms with Crippen molar-refractivity contribution in [3.05, 3.63) is 46.7 Å². The molecule has 8 heteroatoms. The third kappa shape index (κ3) is 3.44. The van der Waals surface area contributed by atoms with Gasteiger partial charge in [-0.15, -0.1) is 11.3 Å². The number of nitrogens with one attached hydrogen (secondary N) is 1. The van der Waals surface area contributed by atoms with Crippen LogP contribution in [0.2, 0.25) is 0 Å². The second-order valence-corrected chi connectivity index (χ2v) is 7.91. The Kier molecular flexibility index (Phi) is 4.65. The van der Waals surface area contributed by atoms with Gasteiger partial charge in [-0.2, -0.15) is 4.98 Å². The van der Waals surface area contributed by atoms with Crippen LogP contribution < -0.4 is 0 Å². The Morgan fingerprint density at radius 2 is 2.11 bits per heavy atom. The van der Waals surface area contributed by atoms with Gasteiger partial charge in [-0.1, -0.05) is 31.1 Å². The molecular weight excluding hydrogens is 362 g/mol. The van der Waals surface area contributed by atoms with Gasteiger partial charge in [-0.25, -0.2) is 4.98 Å². The van der Waals surface area contributed by atoms with Crippen molar-refractivity contribution in [3.8, 4) is 0 Å². The summed E-state index contributed by atoms with van der Waals surface area (Å²) >= 11 is 1.50. The maximum atomic E-state index is 10.4. The fraction of sp³-hybridized carbons (Fsp3) is 0.368. The molecule has 0 spiro atoms. The topological polar surface area (TPSA) is 99.1 Å². The molecule has 27 heavy (non-hydrogen) atoms. The van der Waals surface area contributed by atoms with E-state index in [4.69, 9.17) is 9.93 Å². The third-order valence-electron chi connectivity index (χ3n) is 4.51. The Labute approximate surface area is 160 Å². The van der Waals surface area contributed by atoms with Gasteiger partial charge >= 0.3 is 0 Å². The van der Waals surface area contributed by atoms with Crippen molar-refractivity contribution >= 4 is 33.0 Å². The van der Waals surface area contributed by atoms with Crippen LogP contribution in [0.5, 0.6) is 0 Å². The highest BCUT2D eigenvalue weighted by Crippen LogP contribution is 2.33. The number of fused-ring (bicyclic) bond motifs is 1. The van der Waals surface area contributed by atoms with Crippen LogP contribution in [0.1, 0.15) is 42.9 Å². The first-order valence-corrected chi connectivity index (χ1v) is 9.79. The van der Waals surface area contributed by atoms with Crippen molar-refractivity contribution in [1.29, 1.82) is 5.41 Å². The van der Waals surface area contributed by atoms with Gasteiger partial charge in [0.05, 0.1) is 22.3 Å². The molecule has 0 amide bonds. The molecule has 1 aliphatic heterocycles. The molecule has 0 radical (unpaired) electrons. The number of aliphatic hydroxyl groups is 1. The van der Waals surface area contributed by atoms with E-state index in [2.05, 4.69) is 15.1 Å². The SMILES string of the molecule is CC(C)c1noc(CCCN2CC(O)=C(c3nc4ccccc4s3)C2=N)n1. The molecule has 3 aromatic rings. The van der Waals surface area contributed by atoms with Crippen LogP contribution in [0.25, 0.3) is 15.8 Å². The number of aliphatic hydroxyl groups excluding tert-OH is 1. The first-order valence-electron chi connectivity index (χ1n) is 8.97. The van der Waals surface area contributed by atoms with Crippen LogP contribution >= 0.6 is 11.3 Å². The minimum absolute atomic E-state index is 0.207. The van der Waals surface area contributed by atoms with E-state index in [9.17, 15) is 5.11 Å². The van der Waals surface area contributed by atoms with Crippen LogP contribution in [0.3, 0.4) is 0 Å². The summed E-state index contributed by atoms with van der Waals surface area (Å²) in [7, 11) is 0. The Hall–Kier alpha value is -2.74. The van der Waals surface area contributed by atoms with E-state index >= 15 is 0 Å². The summed E-state index contributed by atoms with van der Waals surface area (Å²) < 4.78 is 6.31. The van der Waals surface area contributed by atoms with Crippen molar-refractivity contribution in [2.24, 2.45) is 0 Å². The molecule has 0 aliphatic carbocycles. The van der Waals surface area contributed by atoms with E-state index in [0.29, 0.717) is 41.8 Å². The number of thiazole rings is 1. The lowest BCUT2D eigenvalue weighted by Crippen LogP contribution is -2.28. The average Bonchev–Trinajstić information content (AvgIpc) is 3.33. The van der Waals surface area contributed by atoms with Gasteiger partial charge in [-0.05, 0) is 18.6 Å². The highest BCUT2D eigenvalue weighted by molar-refractivity contribution is 7.19. The quantitative estimate of drug-likeness (QED) is 0.667. The molecule has 140 valence electrons. The van der Waals surface area contributed by atoms with Gasteiger partial charge in [-0.3, -0.25) is 5.41 Å². The number of para-hydroxylation sites is 1. The van der Waals surface area contributed by atoms with Crippen molar-refractivity contribution in [2.75, 3.05) is 13.1 Å². The fourth-order valence-corrected chi connectivity index (χ4v) is 4.09. The smallest absolute Gasteiger partial charge is 0.226 e. The Balaban J connectivity index is 1.41. The second kappa shape index (κ2) is 7.11. The predicted molar refractivity (Wildman–Crippen MR) is 105 cm³/mol. The monoisotopic (exact) mass is 383 g/mol. The minimum atomic E-state index is 0.207. The number of amidine groups is 1. The average molecular weight is 383 g/mol. The summed E-state index contributed by atoms with van der Waals surface area (Å²) in [5.74, 6) is 2.11. The van der Waals surface area contributed by atoms with E-state index in [1.165, 1.54) is 11.3 Å². The molecule has 2 aromatic heterocycles. The van der Waals surface area contributed by atoms with Crippen LogP contribution in [-0.2, 0) is 6.42 Å². The summed E-state index contributed by atoms with van der Waals surface area (Å²) in [6, 6.07) is 7.85. The molecule has 1 aliphatic rings. The first kappa shape index (κ1) is 17.7.